The number of ketones is 1. The third-order valence-electron chi connectivity index (χ3n) is 6.84. The van der Waals surface area contributed by atoms with E-state index in [9.17, 15) is 4.79 Å². The number of Topliss-reactive ketones (excluding diaryl/α,β-unsaturated/α-hetero) is 1. The minimum atomic E-state index is -0.138. The lowest BCUT2D eigenvalue weighted by Crippen LogP contribution is -2.81. The Morgan fingerprint density at radius 3 is 1.77 bits per heavy atom. The highest BCUT2D eigenvalue weighted by atomic mass is 16.1. The number of hydrogen-bond donors (Lipinski definition) is 0. The summed E-state index contributed by atoms with van der Waals surface area (Å²) in [5, 5.41) is 0. The van der Waals surface area contributed by atoms with Crippen molar-refractivity contribution < 1.29 is 4.79 Å². The van der Waals surface area contributed by atoms with Crippen LogP contribution in [0.25, 0.3) is 0 Å². The lowest BCUT2D eigenvalue weighted by molar-refractivity contribution is -0.235. The van der Waals surface area contributed by atoms with Gasteiger partial charge in [-0.1, -0.05) is 44.2 Å². The van der Waals surface area contributed by atoms with E-state index in [1.807, 2.05) is 0 Å². The van der Waals surface area contributed by atoms with E-state index < -0.39 is 0 Å². The van der Waals surface area contributed by atoms with E-state index in [0.29, 0.717) is 5.78 Å². The molecule has 4 fully saturated rings. The van der Waals surface area contributed by atoms with Crippen LogP contribution >= 0.6 is 0 Å². The lowest BCUT2D eigenvalue weighted by atomic mass is 9.57. The number of benzene rings is 1. The second kappa shape index (κ2) is 4.42. The summed E-state index contributed by atoms with van der Waals surface area (Å²) in [7, 11) is 0. The SMILES string of the molecule is CCC12CN3CC(CC)(CN(C1)C3(C)c1ccccc1)C2=O. The molecular formula is C19H26N2O. The average Bonchev–Trinajstić information content (AvgIpc) is 2.55. The third kappa shape index (κ3) is 1.51. The summed E-state index contributed by atoms with van der Waals surface area (Å²) in [5.74, 6) is 0.549. The second-order valence-corrected chi connectivity index (χ2v) is 7.70. The predicted molar refractivity (Wildman–Crippen MR) is 87.4 cm³/mol. The first-order chi connectivity index (χ1) is 10.5. The molecule has 118 valence electrons. The third-order valence-corrected chi connectivity index (χ3v) is 6.84. The Kier molecular flexibility index (Phi) is 2.90. The molecule has 0 spiro atoms. The average molecular weight is 298 g/mol. The highest BCUT2D eigenvalue weighted by Crippen LogP contribution is 2.56. The largest absolute Gasteiger partial charge is 0.298 e. The molecule has 4 aliphatic rings. The maximum absolute atomic E-state index is 13.2. The fourth-order valence-corrected chi connectivity index (χ4v) is 5.23. The summed E-state index contributed by atoms with van der Waals surface area (Å²) < 4.78 is 0. The van der Waals surface area contributed by atoms with Gasteiger partial charge in [-0.2, -0.15) is 0 Å². The molecule has 22 heavy (non-hydrogen) atoms. The predicted octanol–water partition coefficient (Wildman–Crippen LogP) is 2.87. The molecule has 0 unspecified atom stereocenters. The fourth-order valence-electron chi connectivity index (χ4n) is 5.23. The van der Waals surface area contributed by atoms with E-state index in [4.69, 9.17) is 0 Å². The van der Waals surface area contributed by atoms with Crippen molar-refractivity contribution >= 4 is 5.78 Å². The van der Waals surface area contributed by atoms with Crippen LogP contribution in [0.4, 0.5) is 0 Å². The first-order valence-corrected chi connectivity index (χ1v) is 8.61. The van der Waals surface area contributed by atoms with Gasteiger partial charge in [0.25, 0.3) is 0 Å². The van der Waals surface area contributed by atoms with Crippen molar-refractivity contribution in [2.75, 3.05) is 26.2 Å². The molecule has 3 nitrogen and oxygen atoms in total. The van der Waals surface area contributed by atoms with Gasteiger partial charge in [0.1, 0.15) is 5.78 Å². The fraction of sp³-hybridized carbons (Fsp3) is 0.632. The quantitative estimate of drug-likeness (QED) is 0.857. The smallest absolute Gasteiger partial charge is 0.150 e. The van der Waals surface area contributed by atoms with Crippen LogP contribution in [0, 0.1) is 10.8 Å². The van der Waals surface area contributed by atoms with E-state index in [1.54, 1.807) is 0 Å². The van der Waals surface area contributed by atoms with E-state index >= 15 is 0 Å². The second-order valence-electron chi connectivity index (χ2n) is 7.70. The maximum Gasteiger partial charge on any atom is 0.150 e. The van der Waals surface area contributed by atoms with Gasteiger partial charge in [0, 0.05) is 26.2 Å². The van der Waals surface area contributed by atoms with Gasteiger partial charge in [-0.3, -0.25) is 14.6 Å². The van der Waals surface area contributed by atoms with E-state index in [0.717, 1.165) is 39.0 Å². The van der Waals surface area contributed by atoms with Crippen LogP contribution in [-0.4, -0.2) is 41.8 Å². The standard InChI is InChI=1S/C19H26N2O/c1-4-18-11-20-13-19(5-2,16(18)22)14-21(12-18)17(20,3)15-9-7-6-8-10-15/h6-10H,4-5,11-14H2,1-3H3. The van der Waals surface area contributed by atoms with Gasteiger partial charge >= 0.3 is 0 Å². The lowest BCUT2D eigenvalue weighted by Gasteiger charge is -2.70. The molecule has 0 atom stereocenters. The maximum atomic E-state index is 13.2. The van der Waals surface area contributed by atoms with Crippen LogP contribution in [0.3, 0.4) is 0 Å². The molecule has 0 aliphatic carbocycles. The number of rotatable bonds is 3. The number of carbonyl (C=O) groups is 1. The molecule has 0 aromatic heterocycles. The first-order valence-electron chi connectivity index (χ1n) is 8.61. The zero-order valence-corrected chi connectivity index (χ0v) is 13.9. The molecule has 1 aromatic carbocycles. The molecule has 4 heterocycles. The van der Waals surface area contributed by atoms with Gasteiger partial charge in [0.05, 0.1) is 16.5 Å². The molecule has 5 rings (SSSR count). The van der Waals surface area contributed by atoms with Crippen LogP contribution in [0.15, 0.2) is 30.3 Å². The molecule has 4 bridgehead atoms. The first kappa shape index (κ1) is 14.4. The Morgan fingerprint density at radius 2 is 1.36 bits per heavy atom. The van der Waals surface area contributed by atoms with Gasteiger partial charge in [-0.15, -0.1) is 0 Å². The minimum Gasteiger partial charge on any atom is -0.298 e. The molecule has 0 amide bonds. The summed E-state index contributed by atoms with van der Waals surface area (Å²) in [6, 6.07) is 10.8. The molecule has 0 N–H and O–H groups in total. The zero-order valence-electron chi connectivity index (χ0n) is 13.9. The zero-order chi connectivity index (χ0) is 15.6. The number of nitrogens with zero attached hydrogens (tertiary/aromatic N) is 2. The van der Waals surface area contributed by atoms with Gasteiger partial charge in [-0.25, -0.2) is 0 Å². The normalized spacial score (nSPS) is 46.2. The van der Waals surface area contributed by atoms with Gasteiger partial charge in [0.2, 0.25) is 0 Å². The van der Waals surface area contributed by atoms with Crippen molar-refractivity contribution in [1.29, 1.82) is 0 Å². The number of carbonyl (C=O) groups excluding carboxylic acids is 1. The summed E-state index contributed by atoms with van der Waals surface area (Å²) >= 11 is 0. The summed E-state index contributed by atoms with van der Waals surface area (Å²) in [6.07, 6.45) is 1.93. The van der Waals surface area contributed by atoms with Gasteiger partial charge in [0.15, 0.2) is 0 Å². The summed E-state index contributed by atoms with van der Waals surface area (Å²) in [4.78, 5) is 18.3. The molecular weight excluding hydrogens is 272 g/mol. The van der Waals surface area contributed by atoms with Crippen LogP contribution in [0.1, 0.15) is 39.2 Å². The molecule has 4 saturated heterocycles. The van der Waals surface area contributed by atoms with E-state index in [2.05, 4.69) is 60.9 Å². The monoisotopic (exact) mass is 298 g/mol. The summed E-state index contributed by atoms with van der Waals surface area (Å²) in [6.45, 7) is 10.4. The van der Waals surface area contributed by atoms with E-state index in [-0.39, 0.29) is 16.5 Å². The number of hydrogen-bond acceptors (Lipinski definition) is 3. The Bertz CT molecular complexity index is 567. The van der Waals surface area contributed by atoms with Crippen molar-refractivity contribution in [3.05, 3.63) is 35.9 Å². The van der Waals surface area contributed by atoms with Crippen molar-refractivity contribution in [1.82, 2.24) is 9.80 Å². The molecule has 0 radical (unpaired) electrons. The molecule has 0 saturated carbocycles. The van der Waals surface area contributed by atoms with Gasteiger partial charge in [-0.05, 0) is 25.3 Å². The van der Waals surface area contributed by atoms with Crippen molar-refractivity contribution in [2.24, 2.45) is 10.8 Å². The van der Waals surface area contributed by atoms with Gasteiger partial charge < -0.3 is 0 Å². The van der Waals surface area contributed by atoms with Crippen LogP contribution in [0.2, 0.25) is 0 Å². The van der Waals surface area contributed by atoms with Crippen molar-refractivity contribution in [2.45, 2.75) is 39.3 Å². The highest BCUT2D eigenvalue weighted by Gasteiger charge is 2.67. The van der Waals surface area contributed by atoms with Crippen LogP contribution in [-0.2, 0) is 10.5 Å². The minimum absolute atomic E-state index is 0.0562. The Hall–Kier alpha value is -1.19. The van der Waals surface area contributed by atoms with Crippen molar-refractivity contribution in [3.63, 3.8) is 0 Å². The molecule has 1 aromatic rings. The Balaban J connectivity index is 1.83. The van der Waals surface area contributed by atoms with Crippen LogP contribution in [0.5, 0.6) is 0 Å². The van der Waals surface area contributed by atoms with Crippen molar-refractivity contribution in [3.8, 4) is 0 Å². The van der Waals surface area contributed by atoms with E-state index in [1.165, 1.54) is 5.56 Å². The molecule has 3 heteroatoms. The molecule has 4 aliphatic heterocycles. The Labute approximate surface area is 133 Å². The Morgan fingerprint density at radius 1 is 0.909 bits per heavy atom. The number of piperidine rings is 2. The highest BCUT2D eigenvalue weighted by molar-refractivity contribution is 5.93. The summed E-state index contributed by atoms with van der Waals surface area (Å²) in [5.41, 5.74) is 1.03. The topological polar surface area (TPSA) is 23.6 Å². The van der Waals surface area contributed by atoms with Crippen LogP contribution < -0.4 is 0 Å².